The van der Waals surface area contributed by atoms with Crippen molar-refractivity contribution in [2.24, 2.45) is 5.73 Å². The molecule has 0 unspecified atom stereocenters. The van der Waals surface area contributed by atoms with Crippen LogP contribution in [0.25, 0.3) is 0 Å². The third-order valence-electron chi connectivity index (χ3n) is 2.71. The Morgan fingerprint density at radius 2 is 2.05 bits per heavy atom. The van der Waals surface area contributed by atoms with E-state index < -0.39 is 0 Å². The van der Waals surface area contributed by atoms with E-state index in [2.05, 4.69) is 16.4 Å². The number of aromatic nitrogens is 1. The highest BCUT2D eigenvalue weighted by atomic mass is 35.5. The van der Waals surface area contributed by atoms with E-state index in [-0.39, 0.29) is 12.4 Å². The maximum absolute atomic E-state index is 5.64. The molecule has 0 aliphatic heterocycles. The van der Waals surface area contributed by atoms with Gasteiger partial charge >= 0.3 is 0 Å². The summed E-state index contributed by atoms with van der Waals surface area (Å²) in [4.78, 5) is 4.56. The number of nitrogens with zero attached hydrogens (tertiary/aromatic N) is 1. The Bertz CT molecular complexity index is 546. The number of nitrogens with two attached hydrogens (primary N) is 1. The number of aryl methyl sites for hydroxylation is 1. The van der Waals surface area contributed by atoms with Crippen LogP contribution in [0.15, 0.2) is 41.4 Å². The Labute approximate surface area is 124 Å². The van der Waals surface area contributed by atoms with Crippen LogP contribution in [0, 0.1) is 6.92 Å². The van der Waals surface area contributed by atoms with Crippen LogP contribution in [0.2, 0.25) is 0 Å². The van der Waals surface area contributed by atoms with Gasteiger partial charge < -0.3 is 11.1 Å². The van der Waals surface area contributed by atoms with Crippen molar-refractivity contribution >= 4 is 35.7 Å². The Kier molecular flexibility index (Phi) is 6.15. The summed E-state index contributed by atoms with van der Waals surface area (Å²) in [7, 11) is 0. The van der Waals surface area contributed by atoms with Gasteiger partial charge in [-0.2, -0.15) is 0 Å². The average Bonchev–Trinajstić information content (AvgIpc) is 2.41. The van der Waals surface area contributed by atoms with Gasteiger partial charge in [-0.25, -0.2) is 4.98 Å². The molecule has 0 aliphatic rings. The molecule has 19 heavy (non-hydrogen) atoms. The molecule has 3 N–H and O–H groups in total. The highest BCUT2D eigenvalue weighted by molar-refractivity contribution is 7.98. The first-order valence-corrected chi connectivity index (χ1v) is 7.03. The summed E-state index contributed by atoms with van der Waals surface area (Å²) in [6.07, 6.45) is 2.02. The van der Waals surface area contributed by atoms with Crippen LogP contribution in [0.5, 0.6) is 0 Å². The van der Waals surface area contributed by atoms with Crippen molar-refractivity contribution in [3.63, 3.8) is 0 Å². The van der Waals surface area contributed by atoms with E-state index >= 15 is 0 Å². The number of halogens is 1. The van der Waals surface area contributed by atoms with Gasteiger partial charge in [0.1, 0.15) is 5.82 Å². The van der Waals surface area contributed by atoms with E-state index in [1.807, 2.05) is 43.5 Å². The van der Waals surface area contributed by atoms with Gasteiger partial charge in [0.05, 0.1) is 5.03 Å². The van der Waals surface area contributed by atoms with E-state index in [4.69, 9.17) is 5.73 Å². The van der Waals surface area contributed by atoms with Gasteiger partial charge in [-0.05, 0) is 42.5 Å². The Balaban J connectivity index is 0.00000180. The third kappa shape index (κ3) is 4.13. The number of pyridine rings is 1. The number of rotatable bonds is 4. The molecule has 0 saturated heterocycles. The maximum Gasteiger partial charge on any atom is 0.134 e. The van der Waals surface area contributed by atoms with Crippen molar-refractivity contribution in [3.05, 3.63) is 47.5 Å². The fraction of sp³-hybridized carbons (Fsp3) is 0.214. The lowest BCUT2D eigenvalue weighted by Crippen LogP contribution is -2.00. The highest BCUT2D eigenvalue weighted by Gasteiger charge is 2.03. The SMILES string of the molecule is CSc1ccc(C)c(Nc2cccc(CN)c2)n1.Cl. The second-order valence-corrected chi connectivity index (χ2v) is 4.88. The first-order chi connectivity index (χ1) is 8.72. The van der Waals surface area contributed by atoms with Gasteiger partial charge in [0.15, 0.2) is 0 Å². The van der Waals surface area contributed by atoms with Crippen LogP contribution in [-0.2, 0) is 6.54 Å². The minimum atomic E-state index is 0. The van der Waals surface area contributed by atoms with Crippen molar-refractivity contribution < 1.29 is 0 Å². The summed E-state index contributed by atoms with van der Waals surface area (Å²) >= 11 is 1.64. The molecule has 2 rings (SSSR count). The molecule has 0 amide bonds. The monoisotopic (exact) mass is 295 g/mol. The summed E-state index contributed by atoms with van der Waals surface area (Å²) in [5, 5.41) is 4.35. The molecule has 3 nitrogen and oxygen atoms in total. The second kappa shape index (κ2) is 7.38. The Morgan fingerprint density at radius 1 is 1.26 bits per heavy atom. The lowest BCUT2D eigenvalue weighted by molar-refractivity contribution is 1.07. The van der Waals surface area contributed by atoms with E-state index in [0.29, 0.717) is 6.54 Å². The number of benzene rings is 1. The molecule has 2 aromatic rings. The maximum atomic E-state index is 5.64. The molecule has 5 heteroatoms. The average molecular weight is 296 g/mol. The molecule has 0 fully saturated rings. The smallest absolute Gasteiger partial charge is 0.134 e. The van der Waals surface area contributed by atoms with Crippen LogP contribution in [0.1, 0.15) is 11.1 Å². The lowest BCUT2D eigenvalue weighted by atomic mass is 10.2. The van der Waals surface area contributed by atoms with Crippen LogP contribution in [0.3, 0.4) is 0 Å². The van der Waals surface area contributed by atoms with Gasteiger partial charge in [0, 0.05) is 12.2 Å². The fourth-order valence-electron chi connectivity index (χ4n) is 1.66. The van der Waals surface area contributed by atoms with Crippen molar-refractivity contribution in [1.29, 1.82) is 0 Å². The predicted molar refractivity (Wildman–Crippen MR) is 85.6 cm³/mol. The fourth-order valence-corrected chi connectivity index (χ4v) is 2.05. The number of anilines is 2. The minimum Gasteiger partial charge on any atom is -0.340 e. The number of nitrogens with one attached hydrogen (secondary N) is 1. The van der Waals surface area contributed by atoms with Crippen molar-refractivity contribution in [2.75, 3.05) is 11.6 Å². The molecular weight excluding hydrogens is 278 g/mol. The van der Waals surface area contributed by atoms with E-state index in [0.717, 1.165) is 27.7 Å². The first-order valence-electron chi connectivity index (χ1n) is 5.80. The predicted octanol–water partition coefficient (Wildman–Crippen LogP) is 3.74. The van der Waals surface area contributed by atoms with E-state index in [1.54, 1.807) is 11.8 Å². The van der Waals surface area contributed by atoms with Gasteiger partial charge in [0.25, 0.3) is 0 Å². The van der Waals surface area contributed by atoms with Crippen molar-refractivity contribution in [3.8, 4) is 0 Å². The number of hydrogen-bond donors (Lipinski definition) is 2. The highest BCUT2D eigenvalue weighted by Crippen LogP contribution is 2.22. The van der Waals surface area contributed by atoms with Crippen molar-refractivity contribution in [1.82, 2.24) is 4.98 Å². The Hall–Kier alpha value is -1.23. The van der Waals surface area contributed by atoms with Gasteiger partial charge in [0.2, 0.25) is 0 Å². The zero-order valence-corrected chi connectivity index (χ0v) is 12.6. The van der Waals surface area contributed by atoms with Crippen LogP contribution in [0.4, 0.5) is 11.5 Å². The molecule has 0 aliphatic carbocycles. The van der Waals surface area contributed by atoms with Gasteiger partial charge in [-0.15, -0.1) is 24.2 Å². The topological polar surface area (TPSA) is 50.9 Å². The van der Waals surface area contributed by atoms with Gasteiger partial charge in [-0.1, -0.05) is 18.2 Å². The summed E-state index contributed by atoms with van der Waals surface area (Å²) in [6, 6.07) is 12.2. The normalized spacial score (nSPS) is 9.84. The molecule has 0 atom stereocenters. The number of hydrogen-bond acceptors (Lipinski definition) is 4. The summed E-state index contributed by atoms with van der Waals surface area (Å²) in [5.74, 6) is 0.899. The van der Waals surface area contributed by atoms with Crippen LogP contribution in [-0.4, -0.2) is 11.2 Å². The Morgan fingerprint density at radius 3 is 2.74 bits per heavy atom. The first kappa shape index (κ1) is 15.8. The quantitative estimate of drug-likeness (QED) is 0.844. The van der Waals surface area contributed by atoms with Gasteiger partial charge in [-0.3, -0.25) is 0 Å². The molecule has 1 aromatic carbocycles. The molecule has 1 aromatic heterocycles. The standard InChI is InChI=1S/C14H17N3S.ClH/c1-10-6-7-13(18-2)17-14(10)16-12-5-3-4-11(8-12)9-15;/h3-8H,9,15H2,1-2H3,(H,16,17);1H. The summed E-state index contributed by atoms with van der Waals surface area (Å²) in [6.45, 7) is 2.60. The molecule has 0 saturated carbocycles. The van der Waals surface area contributed by atoms with Crippen LogP contribution >= 0.6 is 24.2 Å². The number of thioether (sulfide) groups is 1. The lowest BCUT2D eigenvalue weighted by Gasteiger charge is -2.10. The molecule has 102 valence electrons. The van der Waals surface area contributed by atoms with Crippen LogP contribution < -0.4 is 11.1 Å². The molecular formula is C14H18ClN3S. The summed E-state index contributed by atoms with van der Waals surface area (Å²) in [5.41, 5.74) is 8.90. The largest absolute Gasteiger partial charge is 0.340 e. The molecule has 0 spiro atoms. The van der Waals surface area contributed by atoms with E-state index in [1.165, 1.54) is 0 Å². The third-order valence-corrected chi connectivity index (χ3v) is 3.35. The summed E-state index contributed by atoms with van der Waals surface area (Å²) < 4.78 is 0. The minimum absolute atomic E-state index is 0. The molecule has 0 radical (unpaired) electrons. The second-order valence-electron chi connectivity index (χ2n) is 4.05. The molecule has 0 bridgehead atoms. The zero-order chi connectivity index (χ0) is 13.0. The van der Waals surface area contributed by atoms with E-state index in [9.17, 15) is 0 Å². The zero-order valence-electron chi connectivity index (χ0n) is 11.0. The molecule has 1 heterocycles. The van der Waals surface area contributed by atoms with Crippen molar-refractivity contribution in [2.45, 2.75) is 18.5 Å².